The Kier molecular flexibility index (Phi) is 6.83. The second-order valence-electron chi connectivity index (χ2n) is 5.25. The molecule has 2 rings (SSSR count). The Morgan fingerprint density at radius 1 is 1.17 bits per heavy atom. The van der Waals surface area contributed by atoms with Crippen LogP contribution in [0, 0.1) is 0 Å². The molecule has 1 aromatic rings. The minimum atomic E-state index is -0.665. The van der Waals surface area contributed by atoms with Gasteiger partial charge in [0.2, 0.25) is 0 Å². The van der Waals surface area contributed by atoms with Gasteiger partial charge in [-0.15, -0.1) is 0 Å². The molecule has 0 saturated carbocycles. The third kappa shape index (κ3) is 5.88. The van der Waals surface area contributed by atoms with Gasteiger partial charge >= 0.3 is 11.8 Å². The molecule has 0 unspecified atom stereocenters. The molecule has 0 aromatic heterocycles. The highest BCUT2D eigenvalue weighted by Crippen LogP contribution is 2.14. The topological polar surface area (TPSA) is 79.9 Å². The van der Waals surface area contributed by atoms with Crippen LogP contribution in [0.25, 0.3) is 0 Å². The maximum Gasteiger partial charge on any atom is 0.313 e. The first-order valence-corrected chi connectivity index (χ1v) is 7.72. The van der Waals surface area contributed by atoms with Crippen LogP contribution in [-0.2, 0) is 14.3 Å². The van der Waals surface area contributed by atoms with Crippen molar-refractivity contribution in [1.82, 2.24) is 10.2 Å². The molecule has 0 atom stereocenters. The van der Waals surface area contributed by atoms with Crippen molar-refractivity contribution >= 4 is 17.5 Å². The van der Waals surface area contributed by atoms with Crippen molar-refractivity contribution < 1.29 is 19.1 Å². The fourth-order valence-electron chi connectivity index (χ4n) is 2.27. The van der Waals surface area contributed by atoms with Gasteiger partial charge in [0.15, 0.2) is 0 Å². The lowest BCUT2D eigenvalue weighted by molar-refractivity contribution is -0.136. The molecular weight excluding hydrogens is 298 g/mol. The second-order valence-corrected chi connectivity index (χ2v) is 5.25. The van der Waals surface area contributed by atoms with Gasteiger partial charge in [0.05, 0.1) is 20.3 Å². The number of rotatable bonds is 6. The molecule has 2 amide bonds. The average molecular weight is 321 g/mol. The molecule has 126 valence electrons. The summed E-state index contributed by atoms with van der Waals surface area (Å²) in [6, 6.07) is 6.80. The van der Waals surface area contributed by atoms with Gasteiger partial charge < -0.3 is 20.1 Å². The highest BCUT2D eigenvalue weighted by molar-refractivity contribution is 6.39. The number of anilines is 1. The first kappa shape index (κ1) is 17.2. The predicted molar refractivity (Wildman–Crippen MR) is 86.5 cm³/mol. The van der Waals surface area contributed by atoms with E-state index in [0.717, 1.165) is 39.3 Å². The molecule has 0 spiro atoms. The van der Waals surface area contributed by atoms with Crippen LogP contribution in [0.1, 0.15) is 6.42 Å². The first-order chi connectivity index (χ1) is 11.2. The van der Waals surface area contributed by atoms with E-state index in [9.17, 15) is 9.59 Å². The molecule has 1 saturated heterocycles. The molecule has 7 nitrogen and oxygen atoms in total. The minimum absolute atomic E-state index is 0.478. The number of methoxy groups -OCH3 is 1. The van der Waals surface area contributed by atoms with E-state index in [0.29, 0.717) is 18.0 Å². The quantitative estimate of drug-likeness (QED) is 0.588. The van der Waals surface area contributed by atoms with E-state index < -0.39 is 11.8 Å². The van der Waals surface area contributed by atoms with Crippen molar-refractivity contribution in [3.8, 4) is 5.75 Å². The largest absolute Gasteiger partial charge is 0.497 e. The van der Waals surface area contributed by atoms with Gasteiger partial charge in [0, 0.05) is 25.3 Å². The van der Waals surface area contributed by atoms with Crippen LogP contribution >= 0.6 is 0 Å². The Balaban J connectivity index is 1.64. The summed E-state index contributed by atoms with van der Waals surface area (Å²) in [6.45, 7) is 4.74. The molecule has 7 heteroatoms. The van der Waals surface area contributed by atoms with Crippen molar-refractivity contribution in [2.75, 3.05) is 51.8 Å². The van der Waals surface area contributed by atoms with E-state index in [1.165, 1.54) is 0 Å². The average Bonchev–Trinajstić information content (AvgIpc) is 2.60. The Hall–Kier alpha value is -2.12. The van der Waals surface area contributed by atoms with Crippen LogP contribution in [0.3, 0.4) is 0 Å². The number of carbonyl (C=O) groups is 2. The zero-order chi connectivity index (χ0) is 16.5. The van der Waals surface area contributed by atoms with Gasteiger partial charge in [0.1, 0.15) is 5.75 Å². The zero-order valence-corrected chi connectivity index (χ0v) is 13.3. The van der Waals surface area contributed by atoms with Crippen molar-refractivity contribution in [1.29, 1.82) is 0 Å². The number of benzene rings is 1. The standard InChI is InChI=1S/C16H23N3O4/c1-22-14-5-3-13(4-6-14)18-16(21)15(20)17-7-2-8-19-9-11-23-12-10-19/h3-6H,2,7-12H2,1H3,(H,17,20)(H,18,21). The zero-order valence-electron chi connectivity index (χ0n) is 13.3. The van der Waals surface area contributed by atoms with Gasteiger partial charge in [-0.05, 0) is 37.2 Å². The maximum atomic E-state index is 11.8. The number of nitrogens with one attached hydrogen (secondary N) is 2. The lowest BCUT2D eigenvalue weighted by Crippen LogP contribution is -2.39. The lowest BCUT2D eigenvalue weighted by atomic mass is 10.3. The molecular formula is C16H23N3O4. The summed E-state index contributed by atoms with van der Waals surface area (Å²) in [4.78, 5) is 25.8. The fourth-order valence-corrected chi connectivity index (χ4v) is 2.27. The number of ether oxygens (including phenoxy) is 2. The van der Waals surface area contributed by atoms with Crippen molar-refractivity contribution in [3.05, 3.63) is 24.3 Å². The van der Waals surface area contributed by atoms with Crippen LogP contribution in [0.2, 0.25) is 0 Å². The van der Waals surface area contributed by atoms with Crippen molar-refractivity contribution in [2.45, 2.75) is 6.42 Å². The summed E-state index contributed by atoms with van der Waals surface area (Å²) in [5.74, 6) is -0.597. The highest BCUT2D eigenvalue weighted by atomic mass is 16.5. The Labute approximate surface area is 135 Å². The lowest BCUT2D eigenvalue weighted by Gasteiger charge is -2.26. The molecule has 1 aromatic carbocycles. The highest BCUT2D eigenvalue weighted by Gasteiger charge is 2.14. The molecule has 1 fully saturated rings. The van der Waals surface area contributed by atoms with Crippen LogP contribution in [0.5, 0.6) is 5.75 Å². The summed E-state index contributed by atoms with van der Waals surface area (Å²) in [7, 11) is 1.57. The molecule has 2 N–H and O–H groups in total. The third-order valence-corrected chi connectivity index (χ3v) is 3.59. The van der Waals surface area contributed by atoms with Crippen molar-refractivity contribution in [2.24, 2.45) is 0 Å². The maximum absolute atomic E-state index is 11.8. The summed E-state index contributed by atoms with van der Waals surface area (Å²) in [5, 5.41) is 5.18. The van der Waals surface area contributed by atoms with Crippen LogP contribution < -0.4 is 15.4 Å². The Morgan fingerprint density at radius 2 is 1.87 bits per heavy atom. The fraction of sp³-hybridized carbons (Fsp3) is 0.500. The van der Waals surface area contributed by atoms with E-state index in [2.05, 4.69) is 15.5 Å². The van der Waals surface area contributed by atoms with E-state index >= 15 is 0 Å². The first-order valence-electron chi connectivity index (χ1n) is 7.72. The number of amides is 2. The molecule has 23 heavy (non-hydrogen) atoms. The molecule has 1 aliphatic heterocycles. The van der Waals surface area contributed by atoms with Crippen molar-refractivity contribution in [3.63, 3.8) is 0 Å². The number of nitrogens with zero attached hydrogens (tertiary/aromatic N) is 1. The smallest absolute Gasteiger partial charge is 0.313 e. The molecule has 0 radical (unpaired) electrons. The van der Waals surface area contributed by atoms with Gasteiger partial charge in [0.25, 0.3) is 0 Å². The summed E-state index contributed by atoms with van der Waals surface area (Å²) in [5.41, 5.74) is 0.555. The SMILES string of the molecule is COc1ccc(NC(=O)C(=O)NCCCN2CCOCC2)cc1. The van der Waals surface area contributed by atoms with E-state index in [1.807, 2.05) is 0 Å². The number of carbonyl (C=O) groups excluding carboxylic acids is 2. The second kappa shape index (κ2) is 9.12. The molecule has 1 heterocycles. The summed E-state index contributed by atoms with van der Waals surface area (Å²) >= 11 is 0. The summed E-state index contributed by atoms with van der Waals surface area (Å²) < 4.78 is 10.3. The van der Waals surface area contributed by atoms with Crippen LogP contribution in [0.15, 0.2) is 24.3 Å². The van der Waals surface area contributed by atoms with Gasteiger partial charge in [-0.25, -0.2) is 0 Å². The van der Waals surface area contributed by atoms with E-state index in [1.54, 1.807) is 31.4 Å². The summed E-state index contributed by atoms with van der Waals surface area (Å²) in [6.07, 6.45) is 0.807. The predicted octanol–water partition coefficient (Wildman–Crippen LogP) is 0.472. The van der Waals surface area contributed by atoms with Gasteiger partial charge in [-0.2, -0.15) is 0 Å². The number of hydrogen-bond donors (Lipinski definition) is 2. The monoisotopic (exact) mass is 321 g/mol. The van der Waals surface area contributed by atoms with E-state index in [4.69, 9.17) is 9.47 Å². The van der Waals surface area contributed by atoms with Crippen LogP contribution in [-0.4, -0.2) is 63.2 Å². The number of morpholine rings is 1. The number of hydrogen-bond acceptors (Lipinski definition) is 5. The molecule has 1 aliphatic rings. The van der Waals surface area contributed by atoms with E-state index in [-0.39, 0.29) is 0 Å². The normalized spacial score (nSPS) is 15.0. The Bertz CT molecular complexity index is 513. The van der Waals surface area contributed by atoms with Gasteiger partial charge in [-0.3, -0.25) is 14.5 Å². The third-order valence-electron chi connectivity index (χ3n) is 3.59. The molecule has 0 aliphatic carbocycles. The van der Waals surface area contributed by atoms with Gasteiger partial charge in [-0.1, -0.05) is 0 Å². The Morgan fingerprint density at radius 3 is 2.52 bits per heavy atom. The van der Waals surface area contributed by atoms with Crippen LogP contribution in [0.4, 0.5) is 5.69 Å². The molecule has 0 bridgehead atoms. The minimum Gasteiger partial charge on any atom is -0.497 e.